The molecule has 154 valence electrons. The van der Waals surface area contributed by atoms with Crippen molar-refractivity contribution >= 4 is 17.5 Å². The van der Waals surface area contributed by atoms with Crippen LogP contribution in [0.4, 0.5) is 10.1 Å². The molecule has 0 radical (unpaired) electrons. The highest BCUT2D eigenvalue weighted by Gasteiger charge is 2.26. The molecule has 0 atom stereocenters. The number of piperazine rings is 1. The highest BCUT2D eigenvalue weighted by atomic mass is 19.1. The number of carbonyl (C=O) groups is 2. The lowest BCUT2D eigenvalue weighted by Gasteiger charge is -2.37. The smallest absolute Gasteiger partial charge is 0.229 e. The number of nitrogens with zero attached hydrogens (tertiary/aromatic N) is 3. The largest absolute Gasteiger partial charge is 0.486 e. The van der Waals surface area contributed by atoms with Crippen molar-refractivity contribution in [3.05, 3.63) is 24.0 Å². The molecule has 28 heavy (non-hydrogen) atoms. The highest BCUT2D eigenvalue weighted by Crippen LogP contribution is 2.32. The van der Waals surface area contributed by atoms with Crippen LogP contribution in [0.5, 0.6) is 5.75 Å². The van der Waals surface area contributed by atoms with Gasteiger partial charge in [0.05, 0.1) is 11.8 Å². The average molecular weight is 391 g/mol. The van der Waals surface area contributed by atoms with E-state index >= 15 is 0 Å². The van der Waals surface area contributed by atoms with Gasteiger partial charge in [-0.1, -0.05) is 6.07 Å². The van der Waals surface area contributed by atoms with Crippen molar-refractivity contribution < 1.29 is 18.7 Å². The maximum Gasteiger partial charge on any atom is 0.229 e. The number of para-hydroxylation sites is 1. The fraction of sp³-hybridized carbons (Fsp3) is 0.619. The molecule has 2 amide bonds. The van der Waals surface area contributed by atoms with Crippen molar-refractivity contribution in [3.63, 3.8) is 0 Å². The summed E-state index contributed by atoms with van der Waals surface area (Å²) in [6.07, 6.45) is 2.35. The number of benzene rings is 1. The lowest BCUT2D eigenvalue weighted by Crippen LogP contribution is -2.47. The molecular formula is C21H30FN3O3. The summed E-state index contributed by atoms with van der Waals surface area (Å²) < 4.78 is 19.9. The number of carbonyl (C=O) groups excluding carboxylic acids is 2. The van der Waals surface area contributed by atoms with Gasteiger partial charge in [0, 0.05) is 45.6 Å². The Bertz CT molecular complexity index is 686. The molecule has 1 aromatic rings. The summed E-state index contributed by atoms with van der Waals surface area (Å²) in [5.74, 6) is -0.0766. The van der Waals surface area contributed by atoms with E-state index in [0.29, 0.717) is 31.6 Å². The maximum atomic E-state index is 14.2. The van der Waals surface area contributed by atoms with E-state index in [2.05, 4.69) is 9.80 Å². The third-order valence-electron chi connectivity index (χ3n) is 5.25. The van der Waals surface area contributed by atoms with Crippen molar-refractivity contribution in [1.29, 1.82) is 0 Å². The summed E-state index contributed by atoms with van der Waals surface area (Å²) in [4.78, 5) is 29.6. The molecular weight excluding hydrogens is 361 g/mol. The molecule has 2 aliphatic heterocycles. The Labute approximate surface area is 166 Å². The second-order valence-electron chi connectivity index (χ2n) is 7.73. The number of rotatable bonds is 7. The van der Waals surface area contributed by atoms with Gasteiger partial charge in [-0.05, 0) is 45.4 Å². The van der Waals surface area contributed by atoms with Gasteiger partial charge in [-0.15, -0.1) is 0 Å². The molecule has 2 aliphatic rings. The molecule has 2 saturated heterocycles. The first-order valence-electron chi connectivity index (χ1n) is 10.2. The number of likely N-dealkylation sites (tertiary alicyclic amines) is 1. The summed E-state index contributed by atoms with van der Waals surface area (Å²) in [6.45, 7) is 8.45. The first-order chi connectivity index (χ1) is 13.5. The number of hydrogen-bond donors (Lipinski definition) is 0. The van der Waals surface area contributed by atoms with Crippen molar-refractivity contribution in [1.82, 2.24) is 9.80 Å². The molecule has 0 spiro atoms. The average Bonchev–Trinajstić information content (AvgIpc) is 2.66. The fourth-order valence-electron chi connectivity index (χ4n) is 3.81. The Hall–Kier alpha value is -2.15. The molecule has 2 fully saturated rings. The molecule has 0 bridgehead atoms. The lowest BCUT2D eigenvalue weighted by atomic mass is 10.1. The zero-order chi connectivity index (χ0) is 20.1. The maximum absolute atomic E-state index is 14.2. The van der Waals surface area contributed by atoms with Gasteiger partial charge >= 0.3 is 0 Å². The Morgan fingerprint density at radius 3 is 2.36 bits per heavy atom. The Kier molecular flexibility index (Phi) is 6.88. The van der Waals surface area contributed by atoms with Crippen LogP contribution in [-0.4, -0.2) is 67.0 Å². The second-order valence-corrected chi connectivity index (χ2v) is 7.73. The first kappa shape index (κ1) is 20.6. The van der Waals surface area contributed by atoms with Gasteiger partial charge in [-0.25, -0.2) is 4.39 Å². The van der Waals surface area contributed by atoms with E-state index in [1.807, 2.05) is 19.9 Å². The van der Waals surface area contributed by atoms with Gasteiger partial charge in [0.25, 0.3) is 0 Å². The predicted molar refractivity (Wildman–Crippen MR) is 106 cm³/mol. The normalized spacial score (nSPS) is 18.9. The van der Waals surface area contributed by atoms with Crippen molar-refractivity contribution in [2.45, 2.75) is 45.6 Å². The molecule has 3 rings (SSSR count). The Balaban J connectivity index is 1.49. The van der Waals surface area contributed by atoms with Gasteiger partial charge in [0.15, 0.2) is 11.6 Å². The summed E-state index contributed by atoms with van der Waals surface area (Å²) in [5, 5.41) is 0. The number of hydrogen-bond acceptors (Lipinski definition) is 5. The topological polar surface area (TPSA) is 53.1 Å². The molecule has 7 heteroatoms. The van der Waals surface area contributed by atoms with E-state index < -0.39 is 0 Å². The molecule has 0 aliphatic carbocycles. The van der Waals surface area contributed by atoms with Crippen LogP contribution in [-0.2, 0) is 9.59 Å². The van der Waals surface area contributed by atoms with Gasteiger partial charge in [-0.3, -0.25) is 19.4 Å². The van der Waals surface area contributed by atoms with E-state index in [-0.39, 0.29) is 23.7 Å². The van der Waals surface area contributed by atoms with Crippen molar-refractivity contribution in [3.8, 4) is 5.75 Å². The number of piperidine rings is 1. The third-order valence-corrected chi connectivity index (χ3v) is 5.25. The van der Waals surface area contributed by atoms with Crippen LogP contribution in [0, 0.1) is 5.82 Å². The molecule has 0 unspecified atom stereocenters. The fourth-order valence-corrected chi connectivity index (χ4v) is 3.81. The van der Waals surface area contributed by atoms with E-state index in [0.717, 1.165) is 44.8 Å². The molecule has 1 aromatic carbocycles. The van der Waals surface area contributed by atoms with Crippen LogP contribution in [0.15, 0.2) is 18.2 Å². The summed E-state index contributed by atoms with van der Waals surface area (Å²) in [7, 11) is 0. The number of anilines is 1. The number of ether oxygens (including phenoxy) is 1. The Morgan fingerprint density at radius 1 is 1.04 bits per heavy atom. The van der Waals surface area contributed by atoms with Gasteiger partial charge < -0.3 is 9.64 Å². The number of amides is 2. The standard InChI is InChI=1S/C21H30FN3O3/c1-16(2)28-21-17(22)6-3-7-18(21)24-14-12-23(13-15-24)10-5-11-25-19(26)8-4-9-20(25)27/h3,6-7,16H,4-5,8-15H2,1-2H3. The quantitative estimate of drug-likeness (QED) is 0.669. The minimum atomic E-state index is -0.329. The monoisotopic (exact) mass is 391 g/mol. The predicted octanol–water partition coefficient (Wildman–Crippen LogP) is 2.66. The molecule has 2 heterocycles. The molecule has 6 nitrogen and oxygen atoms in total. The minimum Gasteiger partial charge on any atom is -0.486 e. The minimum absolute atomic E-state index is 0.0372. The summed E-state index contributed by atoms with van der Waals surface area (Å²) >= 11 is 0. The molecule has 0 N–H and O–H groups in total. The number of halogens is 1. The lowest BCUT2D eigenvalue weighted by molar-refractivity contribution is -0.148. The van der Waals surface area contributed by atoms with Crippen LogP contribution >= 0.6 is 0 Å². The number of imide groups is 1. The van der Waals surface area contributed by atoms with E-state index in [9.17, 15) is 14.0 Å². The zero-order valence-electron chi connectivity index (χ0n) is 16.8. The second kappa shape index (κ2) is 9.37. The van der Waals surface area contributed by atoms with Crippen LogP contribution in [0.25, 0.3) is 0 Å². The van der Waals surface area contributed by atoms with Gasteiger partial charge in [-0.2, -0.15) is 0 Å². The van der Waals surface area contributed by atoms with Crippen molar-refractivity contribution in [2.75, 3.05) is 44.2 Å². The van der Waals surface area contributed by atoms with E-state index in [1.165, 1.54) is 11.0 Å². The van der Waals surface area contributed by atoms with Gasteiger partial charge in [0.2, 0.25) is 11.8 Å². The Morgan fingerprint density at radius 2 is 1.71 bits per heavy atom. The van der Waals surface area contributed by atoms with Crippen LogP contribution in [0.1, 0.15) is 39.5 Å². The van der Waals surface area contributed by atoms with Crippen LogP contribution in [0.2, 0.25) is 0 Å². The third kappa shape index (κ3) is 5.01. The van der Waals surface area contributed by atoms with Gasteiger partial charge in [0.1, 0.15) is 0 Å². The SMILES string of the molecule is CC(C)Oc1c(F)cccc1N1CCN(CCCN2C(=O)CCCC2=O)CC1. The van der Waals surface area contributed by atoms with Crippen LogP contribution < -0.4 is 9.64 Å². The highest BCUT2D eigenvalue weighted by molar-refractivity contribution is 5.97. The van der Waals surface area contributed by atoms with Crippen molar-refractivity contribution in [2.24, 2.45) is 0 Å². The first-order valence-corrected chi connectivity index (χ1v) is 10.2. The molecule has 0 saturated carbocycles. The van der Waals surface area contributed by atoms with Crippen LogP contribution in [0.3, 0.4) is 0 Å². The summed E-state index contributed by atoms with van der Waals surface area (Å²) in [5.41, 5.74) is 0.804. The van der Waals surface area contributed by atoms with E-state index in [1.54, 1.807) is 6.07 Å². The molecule has 0 aromatic heterocycles. The zero-order valence-corrected chi connectivity index (χ0v) is 16.8. The van der Waals surface area contributed by atoms with E-state index in [4.69, 9.17) is 4.74 Å². The summed E-state index contributed by atoms with van der Waals surface area (Å²) in [6, 6.07) is 5.06.